The van der Waals surface area contributed by atoms with Crippen LogP contribution in [0.2, 0.25) is 0 Å². The Kier molecular flexibility index (Phi) is 3.02. The molecule has 0 fully saturated rings. The molecule has 0 saturated carbocycles. The second-order valence-electron chi connectivity index (χ2n) is 2.30. The van der Waals surface area contributed by atoms with E-state index in [0.717, 1.165) is 9.36 Å². The third kappa shape index (κ3) is 2.28. The Morgan fingerprint density at radius 2 is 2.08 bits per heavy atom. The van der Waals surface area contributed by atoms with Gasteiger partial charge in [-0.2, -0.15) is 9.36 Å². The van der Waals surface area contributed by atoms with E-state index in [1.165, 1.54) is 0 Å². The fraction of sp³-hybridized carbons (Fsp3) is 0.600. The maximum Gasteiger partial charge on any atom is 0.364 e. The number of primary amides is 1. The molecule has 2 N–H and O–H groups in total. The fourth-order valence-electron chi connectivity index (χ4n) is 0.774. The Bertz CT molecular complexity index is 356. The van der Waals surface area contributed by atoms with Gasteiger partial charge in [-0.15, -0.1) is 11.6 Å². The molecule has 7 nitrogen and oxygen atoms in total. The van der Waals surface area contributed by atoms with Crippen molar-refractivity contribution in [2.75, 3.05) is 5.88 Å². The Morgan fingerprint density at radius 3 is 2.62 bits per heavy atom. The third-order valence-electron chi connectivity index (χ3n) is 1.30. The van der Waals surface area contributed by atoms with E-state index in [9.17, 15) is 9.59 Å². The number of carbonyl (C=O) groups is 1. The van der Waals surface area contributed by atoms with E-state index in [1.807, 2.05) is 0 Å². The monoisotopic (exact) mass is 205 g/mol. The quantitative estimate of drug-likeness (QED) is 0.585. The van der Waals surface area contributed by atoms with Crippen LogP contribution in [0.1, 0.15) is 0 Å². The summed E-state index contributed by atoms with van der Waals surface area (Å²) in [6, 6.07) is 0. The van der Waals surface area contributed by atoms with Gasteiger partial charge >= 0.3 is 5.69 Å². The van der Waals surface area contributed by atoms with Gasteiger partial charge in [0.25, 0.3) is 0 Å². The highest BCUT2D eigenvalue weighted by Crippen LogP contribution is 1.79. The fourth-order valence-corrected chi connectivity index (χ4v) is 0.934. The molecule has 0 aliphatic carbocycles. The molecular weight excluding hydrogens is 198 g/mol. The molecule has 0 spiro atoms. The molecule has 1 amide bonds. The summed E-state index contributed by atoms with van der Waals surface area (Å²) in [5, 5.41) is 6.92. The average Bonchev–Trinajstić information content (AvgIpc) is 2.36. The lowest BCUT2D eigenvalue weighted by molar-refractivity contribution is -0.118. The van der Waals surface area contributed by atoms with Crippen LogP contribution in [0.5, 0.6) is 0 Å². The number of rotatable bonds is 4. The predicted octanol–water partition coefficient (Wildman–Crippen LogP) is -1.84. The summed E-state index contributed by atoms with van der Waals surface area (Å²) < 4.78 is 1.95. The summed E-state index contributed by atoms with van der Waals surface area (Å²) in [6.45, 7) is 0.000268. The Morgan fingerprint density at radius 1 is 1.46 bits per heavy atom. The minimum absolute atomic E-state index is 0.259. The molecule has 72 valence electrons. The van der Waals surface area contributed by atoms with Crippen molar-refractivity contribution >= 4 is 17.5 Å². The van der Waals surface area contributed by atoms with E-state index >= 15 is 0 Å². The van der Waals surface area contributed by atoms with E-state index in [-0.39, 0.29) is 19.0 Å². The van der Waals surface area contributed by atoms with Gasteiger partial charge < -0.3 is 5.73 Å². The number of aromatic nitrogens is 4. The van der Waals surface area contributed by atoms with Gasteiger partial charge in [-0.25, -0.2) is 4.79 Å². The van der Waals surface area contributed by atoms with Gasteiger partial charge in [0.2, 0.25) is 5.91 Å². The first-order valence-corrected chi connectivity index (χ1v) is 4.03. The molecule has 13 heavy (non-hydrogen) atoms. The number of amides is 1. The Balaban J connectivity index is 2.86. The molecule has 0 atom stereocenters. The highest BCUT2D eigenvalue weighted by molar-refractivity contribution is 6.17. The minimum Gasteiger partial charge on any atom is -0.368 e. The van der Waals surface area contributed by atoms with Gasteiger partial charge in [-0.3, -0.25) is 4.79 Å². The number of nitrogens with zero attached hydrogens (tertiary/aromatic N) is 4. The Hall–Kier alpha value is -1.37. The molecule has 1 aromatic heterocycles. The molecule has 0 unspecified atom stereocenters. The normalized spacial score (nSPS) is 10.2. The van der Waals surface area contributed by atoms with Crippen LogP contribution in [0.15, 0.2) is 4.79 Å². The summed E-state index contributed by atoms with van der Waals surface area (Å²) in [4.78, 5) is 21.7. The smallest absolute Gasteiger partial charge is 0.364 e. The van der Waals surface area contributed by atoms with E-state index in [4.69, 9.17) is 17.3 Å². The van der Waals surface area contributed by atoms with Crippen molar-refractivity contribution < 1.29 is 4.79 Å². The summed E-state index contributed by atoms with van der Waals surface area (Å²) in [7, 11) is 0. The number of hydrogen-bond donors (Lipinski definition) is 1. The zero-order chi connectivity index (χ0) is 9.84. The van der Waals surface area contributed by atoms with E-state index in [2.05, 4.69) is 10.4 Å². The molecule has 0 saturated heterocycles. The molecular formula is C5H8ClN5O2. The number of carbonyl (C=O) groups excluding carboxylic acids is 1. The third-order valence-corrected chi connectivity index (χ3v) is 1.47. The van der Waals surface area contributed by atoms with Gasteiger partial charge in [0.15, 0.2) is 0 Å². The molecule has 0 aliphatic heterocycles. The predicted molar refractivity (Wildman–Crippen MR) is 44.2 cm³/mol. The van der Waals surface area contributed by atoms with Crippen LogP contribution in [0.4, 0.5) is 0 Å². The second kappa shape index (κ2) is 4.04. The van der Waals surface area contributed by atoms with Crippen molar-refractivity contribution in [1.29, 1.82) is 0 Å². The molecule has 1 heterocycles. The molecule has 0 aromatic carbocycles. The topological polar surface area (TPSA) is 95.8 Å². The van der Waals surface area contributed by atoms with Crippen LogP contribution in [-0.4, -0.2) is 31.6 Å². The zero-order valence-corrected chi connectivity index (χ0v) is 7.44. The van der Waals surface area contributed by atoms with Crippen molar-refractivity contribution in [3.63, 3.8) is 0 Å². The molecule has 0 radical (unpaired) electrons. The first-order chi connectivity index (χ1) is 6.15. The average molecular weight is 206 g/mol. The highest BCUT2D eigenvalue weighted by Gasteiger charge is 2.07. The highest BCUT2D eigenvalue weighted by atomic mass is 35.5. The lowest BCUT2D eigenvalue weighted by atomic mass is 10.6. The van der Waals surface area contributed by atoms with Gasteiger partial charge in [-0.05, 0) is 10.4 Å². The molecule has 0 bridgehead atoms. The van der Waals surface area contributed by atoms with Gasteiger partial charge in [-0.1, -0.05) is 0 Å². The van der Waals surface area contributed by atoms with Crippen LogP contribution in [0.25, 0.3) is 0 Å². The van der Waals surface area contributed by atoms with Crippen LogP contribution >= 0.6 is 11.6 Å². The number of aryl methyl sites for hydroxylation is 1. The maximum atomic E-state index is 11.2. The SMILES string of the molecule is NC(=O)Cn1nnn(CCCl)c1=O. The number of alkyl halides is 1. The standard InChI is InChI=1S/C5H8ClN5O2/c6-1-2-10-5(13)11(9-8-10)3-4(7)12/h1-3H2,(H2,7,12). The largest absolute Gasteiger partial charge is 0.368 e. The summed E-state index contributed by atoms with van der Waals surface area (Å²) in [5.74, 6) is -0.380. The molecule has 8 heteroatoms. The van der Waals surface area contributed by atoms with Crippen LogP contribution in [-0.2, 0) is 17.9 Å². The van der Waals surface area contributed by atoms with Crippen LogP contribution < -0.4 is 11.4 Å². The van der Waals surface area contributed by atoms with Gasteiger partial charge in [0.05, 0.1) is 6.54 Å². The first kappa shape index (κ1) is 9.72. The van der Waals surface area contributed by atoms with Crippen molar-refractivity contribution in [3.8, 4) is 0 Å². The molecule has 1 rings (SSSR count). The van der Waals surface area contributed by atoms with Gasteiger partial charge in [0.1, 0.15) is 6.54 Å². The summed E-state index contributed by atoms with van der Waals surface area (Å²) in [6.07, 6.45) is 0. The zero-order valence-electron chi connectivity index (χ0n) is 6.68. The van der Waals surface area contributed by atoms with Crippen LogP contribution in [0.3, 0.4) is 0 Å². The minimum atomic E-state index is -0.639. The van der Waals surface area contributed by atoms with Crippen molar-refractivity contribution in [3.05, 3.63) is 10.5 Å². The number of halogens is 1. The number of nitrogens with two attached hydrogens (primary N) is 1. The second-order valence-corrected chi connectivity index (χ2v) is 2.68. The maximum absolute atomic E-state index is 11.2. The van der Waals surface area contributed by atoms with Gasteiger partial charge in [0, 0.05) is 5.88 Å². The van der Waals surface area contributed by atoms with E-state index in [1.54, 1.807) is 0 Å². The van der Waals surface area contributed by atoms with Crippen LogP contribution in [0, 0.1) is 0 Å². The Labute approximate surface area is 78.1 Å². The van der Waals surface area contributed by atoms with E-state index < -0.39 is 11.6 Å². The lowest BCUT2D eigenvalue weighted by Crippen LogP contribution is -2.30. The number of tetrazole rings is 1. The molecule has 0 aliphatic rings. The summed E-state index contributed by atoms with van der Waals surface area (Å²) >= 11 is 5.39. The number of hydrogen-bond acceptors (Lipinski definition) is 4. The van der Waals surface area contributed by atoms with Crippen molar-refractivity contribution in [2.45, 2.75) is 13.1 Å². The first-order valence-electron chi connectivity index (χ1n) is 3.50. The lowest BCUT2D eigenvalue weighted by Gasteiger charge is -1.92. The summed E-state index contributed by atoms with van der Waals surface area (Å²) in [5.41, 5.74) is 4.39. The molecule has 1 aromatic rings. The van der Waals surface area contributed by atoms with Crippen molar-refractivity contribution in [2.24, 2.45) is 5.73 Å². The van der Waals surface area contributed by atoms with Crippen molar-refractivity contribution in [1.82, 2.24) is 19.8 Å². The van der Waals surface area contributed by atoms with E-state index in [0.29, 0.717) is 0 Å².